The van der Waals surface area contributed by atoms with Crippen LogP contribution in [-0.2, 0) is 6.54 Å². The Balaban J connectivity index is 1.67. The summed E-state index contributed by atoms with van der Waals surface area (Å²) < 4.78 is 6.62. The van der Waals surface area contributed by atoms with Crippen LogP contribution in [0.5, 0.6) is 0 Å². The molecule has 2 aromatic heterocycles. The summed E-state index contributed by atoms with van der Waals surface area (Å²) in [5, 5.41) is 15.7. The first kappa shape index (κ1) is 16.9. The van der Waals surface area contributed by atoms with Crippen molar-refractivity contribution < 1.29 is 9.45 Å². The summed E-state index contributed by atoms with van der Waals surface area (Å²) in [5.74, 6) is 0.452. The Morgan fingerprint density at radius 2 is 1.93 bits per heavy atom. The van der Waals surface area contributed by atoms with Gasteiger partial charge in [-0.15, -0.1) is 0 Å². The number of aromatic nitrogens is 3. The molecule has 0 bridgehead atoms. The van der Waals surface area contributed by atoms with E-state index < -0.39 is 10.5 Å². The molecule has 0 saturated heterocycles. The molecular formula is C18H11ClN4O4. The van der Waals surface area contributed by atoms with E-state index in [1.807, 2.05) is 12.1 Å². The second-order valence-electron chi connectivity index (χ2n) is 5.82. The molecule has 8 nitrogen and oxygen atoms in total. The van der Waals surface area contributed by atoms with Gasteiger partial charge in [0.25, 0.3) is 11.2 Å². The van der Waals surface area contributed by atoms with Gasteiger partial charge in [-0.3, -0.25) is 19.5 Å². The number of halogens is 1. The SMILES string of the molecule is O=c1c2cc([N+](=O)[O-])ccc2ncn1Cc1cc(-c2ccc(Cl)cc2)no1. The molecule has 2 heterocycles. The largest absolute Gasteiger partial charge is 0.359 e. The van der Waals surface area contributed by atoms with Crippen LogP contribution in [0.4, 0.5) is 5.69 Å². The lowest BCUT2D eigenvalue weighted by Gasteiger charge is -2.04. The standard InChI is InChI=1S/C18H11ClN4O4/c19-12-3-1-11(2-4-12)17-8-14(27-21-17)9-22-10-20-16-6-5-13(23(25)26)7-15(16)18(22)24/h1-8,10H,9H2. The normalized spacial score (nSPS) is 11.0. The van der Waals surface area contributed by atoms with Crippen LogP contribution in [0.2, 0.25) is 5.02 Å². The first-order valence-corrected chi connectivity index (χ1v) is 8.24. The maximum Gasteiger partial charge on any atom is 0.270 e. The zero-order chi connectivity index (χ0) is 19.0. The molecular weight excluding hydrogens is 372 g/mol. The number of nitro groups is 1. The van der Waals surface area contributed by atoms with E-state index in [1.165, 1.54) is 29.1 Å². The van der Waals surface area contributed by atoms with Crippen molar-refractivity contribution in [3.63, 3.8) is 0 Å². The van der Waals surface area contributed by atoms with E-state index in [0.717, 1.165) is 5.56 Å². The molecule has 0 amide bonds. The van der Waals surface area contributed by atoms with Gasteiger partial charge in [-0.2, -0.15) is 0 Å². The van der Waals surface area contributed by atoms with E-state index in [1.54, 1.807) is 18.2 Å². The fourth-order valence-electron chi connectivity index (χ4n) is 2.69. The minimum absolute atomic E-state index is 0.102. The number of nitrogens with zero attached hydrogens (tertiary/aromatic N) is 4. The Morgan fingerprint density at radius 1 is 1.15 bits per heavy atom. The molecule has 0 radical (unpaired) electrons. The first-order valence-electron chi connectivity index (χ1n) is 7.86. The zero-order valence-electron chi connectivity index (χ0n) is 13.7. The minimum Gasteiger partial charge on any atom is -0.359 e. The molecule has 0 fully saturated rings. The van der Waals surface area contributed by atoms with Gasteiger partial charge in [0.2, 0.25) is 0 Å². The van der Waals surface area contributed by atoms with E-state index in [0.29, 0.717) is 22.0 Å². The molecule has 0 aliphatic rings. The van der Waals surface area contributed by atoms with Crippen molar-refractivity contribution >= 4 is 28.2 Å². The molecule has 0 saturated carbocycles. The van der Waals surface area contributed by atoms with Crippen molar-refractivity contribution in [2.45, 2.75) is 6.54 Å². The first-order chi connectivity index (χ1) is 13.0. The Morgan fingerprint density at radius 3 is 2.67 bits per heavy atom. The summed E-state index contributed by atoms with van der Waals surface area (Å²) in [6, 6.07) is 12.8. The maximum absolute atomic E-state index is 12.6. The Kier molecular flexibility index (Phi) is 4.17. The Bertz CT molecular complexity index is 1210. The highest BCUT2D eigenvalue weighted by atomic mass is 35.5. The zero-order valence-corrected chi connectivity index (χ0v) is 14.5. The Hall–Kier alpha value is -3.52. The number of hydrogen-bond acceptors (Lipinski definition) is 6. The van der Waals surface area contributed by atoms with E-state index in [2.05, 4.69) is 10.1 Å². The summed E-state index contributed by atoms with van der Waals surface area (Å²) in [4.78, 5) is 27.2. The van der Waals surface area contributed by atoms with Crippen LogP contribution in [0.3, 0.4) is 0 Å². The van der Waals surface area contributed by atoms with Crippen LogP contribution in [0.25, 0.3) is 22.2 Å². The summed E-state index contributed by atoms with van der Waals surface area (Å²) in [7, 11) is 0. The van der Waals surface area contributed by atoms with Gasteiger partial charge in [-0.05, 0) is 18.2 Å². The summed E-state index contributed by atoms with van der Waals surface area (Å²) in [6.07, 6.45) is 1.38. The Labute approximate surface area is 156 Å². The lowest BCUT2D eigenvalue weighted by Crippen LogP contribution is -2.21. The molecule has 4 rings (SSSR count). The van der Waals surface area contributed by atoms with Gasteiger partial charge < -0.3 is 4.52 Å². The number of hydrogen-bond donors (Lipinski definition) is 0. The highest BCUT2D eigenvalue weighted by molar-refractivity contribution is 6.30. The lowest BCUT2D eigenvalue weighted by atomic mass is 10.1. The number of non-ortho nitro benzene ring substituents is 1. The second-order valence-corrected chi connectivity index (χ2v) is 6.26. The van der Waals surface area contributed by atoms with Gasteiger partial charge in [-0.1, -0.05) is 28.9 Å². The molecule has 27 heavy (non-hydrogen) atoms. The molecule has 0 atom stereocenters. The monoisotopic (exact) mass is 382 g/mol. The van der Waals surface area contributed by atoms with Gasteiger partial charge in [0, 0.05) is 28.8 Å². The average Bonchev–Trinajstić information content (AvgIpc) is 3.13. The fourth-order valence-corrected chi connectivity index (χ4v) is 2.81. The molecule has 0 spiro atoms. The minimum atomic E-state index is -0.551. The van der Waals surface area contributed by atoms with Crippen molar-refractivity contribution in [3.05, 3.63) is 86.1 Å². The molecule has 0 aliphatic carbocycles. The highest BCUT2D eigenvalue weighted by Gasteiger charge is 2.13. The summed E-state index contributed by atoms with van der Waals surface area (Å²) >= 11 is 5.88. The molecule has 2 aromatic carbocycles. The van der Waals surface area contributed by atoms with Crippen LogP contribution in [-0.4, -0.2) is 19.6 Å². The van der Waals surface area contributed by atoms with Crippen molar-refractivity contribution in [1.82, 2.24) is 14.7 Å². The van der Waals surface area contributed by atoms with Gasteiger partial charge in [0.1, 0.15) is 5.69 Å². The van der Waals surface area contributed by atoms with Crippen LogP contribution in [0, 0.1) is 10.1 Å². The average molecular weight is 383 g/mol. The van der Waals surface area contributed by atoms with Crippen LogP contribution in [0.1, 0.15) is 5.76 Å². The van der Waals surface area contributed by atoms with Crippen molar-refractivity contribution in [1.29, 1.82) is 0 Å². The summed E-state index contributed by atoms with van der Waals surface area (Å²) in [5.41, 5.74) is 1.27. The van der Waals surface area contributed by atoms with Gasteiger partial charge >= 0.3 is 0 Å². The quantitative estimate of drug-likeness (QED) is 0.394. The van der Waals surface area contributed by atoms with Crippen molar-refractivity contribution in [3.8, 4) is 11.3 Å². The number of rotatable bonds is 4. The van der Waals surface area contributed by atoms with Gasteiger partial charge in [0.05, 0.1) is 28.7 Å². The van der Waals surface area contributed by atoms with Crippen molar-refractivity contribution in [2.24, 2.45) is 0 Å². The molecule has 0 N–H and O–H groups in total. The van der Waals surface area contributed by atoms with Crippen molar-refractivity contribution in [2.75, 3.05) is 0 Å². The predicted octanol–water partition coefficient (Wildman–Crippen LogP) is 3.66. The molecule has 0 aliphatic heterocycles. The highest BCUT2D eigenvalue weighted by Crippen LogP contribution is 2.22. The van der Waals surface area contributed by atoms with Crippen LogP contribution >= 0.6 is 11.6 Å². The van der Waals surface area contributed by atoms with E-state index in [4.69, 9.17) is 16.1 Å². The third-order valence-corrected chi connectivity index (χ3v) is 4.30. The molecule has 9 heteroatoms. The third kappa shape index (κ3) is 3.30. The topological polar surface area (TPSA) is 104 Å². The van der Waals surface area contributed by atoms with Gasteiger partial charge in [-0.25, -0.2) is 4.98 Å². The smallest absolute Gasteiger partial charge is 0.270 e. The molecule has 4 aromatic rings. The number of nitro benzene ring substituents is 1. The molecule has 0 unspecified atom stereocenters. The van der Waals surface area contributed by atoms with E-state index >= 15 is 0 Å². The van der Waals surface area contributed by atoms with Crippen LogP contribution < -0.4 is 5.56 Å². The molecule has 134 valence electrons. The summed E-state index contributed by atoms with van der Waals surface area (Å²) in [6.45, 7) is 0.102. The maximum atomic E-state index is 12.6. The van der Waals surface area contributed by atoms with Crippen LogP contribution in [0.15, 0.2) is 64.2 Å². The predicted molar refractivity (Wildman–Crippen MR) is 98.7 cm³/mol. The lowest BCUT2D eigenvalue weighted by molar-refractivity contribution is -0.384. The second kappa shape index (κ2) is 6.65. The third-order valence-electron chi connectivity index (χ3n) is 4.04. The number of benzene rings is 2. The van der Waals surface area contributed by atoms with E-state index in [-0.39, 0.29) is 17.6 Å². The van der Waals surface area contributed by atoms with Gasteiger partial charge in [0.15, 0.2) is 5.76 Å². The fraction of sp³-hybridized carbons (Fsp3) is 0.0556. The van der Waals surface area contributed by atoms with E-state index in [9.17, 15) is 14.9 Å². The number of fused-ring (bicyclic) bond motifs is 1.